The molecular weight excluding hydrogens is 492 g/mol. The maximum absolute atomic E-state index is 13.0. The van der Waals surface area contributed by atoms with Gasteiger partial charge in [0.2, 0.25) is 0 Å². The number of carbonyl (C=O) groups is 3. The Morgan fingerprint density at radius 1 is 0.947 bits per heavy atom. The van der Waals surface area contributed by atoms with Gasteiger partial charge in [0.05, 0.1) is 32.4 Å². The maximum Gasteiger partial charge on any atom is 0.410 e. The molecule has 0 bridgehead atoms. The Kier molecular flexibility index (Phi) is 9.81. The van der Waals surface area contributed by atoms with E-state index in [0.29, 0.717) is 36.6 Å². The maximum atomic E-state index is 13.0. The zero-order valence-electron chi connectivity index (χ0n) is 22.6. The van der Waals surface area contributed by atoms with E-state index in [1.54, 1.807) is 48.8 Å². The van der Waals surface area contributed by atoms with Crippen molar-refractivity contribution in [3.63, 3.8) is 0 Å². The minimum atomic E-state index is -0.661. The summed E-state index contributed by atoms with van der Waals surface area (Å²) < 4.78 is 27.2. The van der Waals surface area contributed by atoms with E-state index in [4.69, 9.17) is 23.7 Å². The zero-order valence-corrected chi connectivity index (χ0v) is 22.6. The van der Waals surface area contributed by atoms with E-state index in [1.165, 1.54) is 14.2 Å². The van der Waals surface area contributed by atoms with E-state index in [2.05, 4.69) is 0 Å². The van der Waals surface area contributed by atoms with Crippen LogP contribution >= 0.6 is 0 Å². The lowest BCUT2D eigenvalue weighted by atomic mass is 10.1. The molecule has 0 saturated carbocycles. The molecule has 2 amide bonds. The number of benzene rings is 2. The second kappa shape index (κ2) is 13.0. The van der Waals surface area contributed by atoms with Gasteiger partial charge in [0.15, 0.2) is 11.5 Å². The summed E-state index contributed by atoms with van der Waals surface area (Å²) in [5, 5.41) is 0. The SMILES string of the molecule is COC(=O)c1ccc(OC)c(OCC[C@@H]2CN(C(=O)OCc3ccccc3)CCN2C(=O)OC(C)(C)C)c1. The topological polar surface area (TPSA) is 104 Å². The lowest BCUT2D eigenvalue weighted by molar-refractivity contribution is -0.00619. The molecule has 1 aliphatic rings. The average Bonchev–Trinajstić information content (AvgIpc) is 2.90. The van der Waals surface area contributed by atoms with Crippen LogP contribution in [0.25, 0.3) is 0 Å². The van der Waals surface area contributed by atoms with Gasteiger partial charge in [-0.1, -0.05) is 30.3 Å². The lowest BCUT2D eigenvalue weighted by Crippen LogP contribution is -2.57. The lowest BCUT2D eigenvalue weighted by Gasteiger charge is -2.41. The molecule has 206 valence electrons. The molecule has 1 fully saturated rings. The van der Waals surface area contributed by atoms with Crippen molar-refractivity contribution in [2.45, 2.75) is 45.4 Å². The molecule has 0 radical (unpaired) electrons. The highest BCUT2D eigenvalue weighted by molar-refractivity contribution is 5.90. The molecule has 0 aromatic heterocycles. The molecule has 3 rings (SSSR count). The number of carbonyl (C=O) groups excluding carboxylic acids is 3. The molecule has 2 aromatic carbocycles. The number of esters is 1. The second-order valence-electron chi connectivity index (χ2n) is 9.81. The van der Waals surface area contributed by atoms with Crippen LogP contribution < -0.4 is 9.47 Å². The van der Waals surface area contributed by atoms with Crippen molar-refractivity contribution in [2.75, 3.05) is 40.5 Å². The third-order valence-corrected chi connectivity index (χ3v) is 5.87. The molecule has 10 heteroatoms. The summed E-state index contributed by atoms with van der Waals surface area (Å²) >= 11 is 0. The molecule has 1 atom stereocenters. The van der Waals surface area contributed by atoms with Gasteiger partial charge in [-0.3, -0.25) is 0 Å². The van der Waals surface area contributed by atoms with E-state index in [9.17, 15) is 14.4 Å². The van der Waals surface area contributed by atoms with Gasteiger partial charge >= 0.3 is 18.2 Å². The minimum Gasteiger partial charge on any atom is -0.493 e. The largest absolute Gasteiger partial charge is 0.493 e. The zero-order chi connectivity index (χ0) is 27.7. The first-order valence-corrected chi connectivity index (χ1v) is 12.5. The number of amides is 2. The fraction of sp³-hybridized carbons (Fsp3) is 0.464. The quantitative estimate of drug-likeness (QED) is 0.364. The fourth-order valence-corrected chi connectivity index (χ4v) is 3.98. The van der Waals surface area contributed by atoms with Gasteiger partial charge in [0.1, 0.15) is 12.2 Å². The van der Waals surface area contributed by atoms with Crippen LogP contribution in [0.15, 0.2) is 48.5 Å². The Morgan fingerprint density at radius 3 is 2.34 bits per heavy atom. The van der Waals surface area contributed by atoms with Gasteiger partial charge in [-0.25, -0.2) is 14.4 Å². The van der Waals surface area contributed by atoms with Crippen LogP contribution in [0.1, 0.15) is 43.1 Å². The monoisotopic (exact) mass is 528 g/mol. The van der Waals surface area contributed by atoms with Gasteiger partial charge < -0.3 is 33.5 Å². The summed E-state index contributed by atoms with van der Waals surface area (Å²) in [5.74, 6) is 0.330. The Hall–Kier alpha value is -3.95. The highest BCUT2D eigenvalue weighted by Gasteiger charge is 2.35. The first-order chi connectivity index (χ1) is 18.1. The van der Waals surface area contributed by atoms with Gasteiger partial charge in [0.25, 0.3) is 0 Å². The number of nitrogens with zero attached hydrogens (tertiary/aromatic N) is 2. The number of ether oxygens (including phenoxy) is 5. The van der Waals surface area contributed by atoms with Crippen LogP contribution in [-0.4, -0.2) is 80.1 Å². The standard InChI is InChI=1S/C28H36N2O8/c1-28(2,3)38-27(33)30-15-14-29(26(32)37-19-20-9-7-6-8-10-20)18-22(30)13-16-36-24-17-21(25(31)35-5)11-12-23(24)34-4/h6-12,17,22H,13-16,18-19H2,1-5H3/t22-/m1/s1. The molecule has 0 spiro atoms. The van der Waals surface area contributed by atoms with Crippen LogP contribution in [0.3, 0.4) is 0 Å². The number of hydrogen-bond acceptors (Lipinski definition) is 8. The Morgan fingerprint density at radius 2 is 1.68 bits per heavy atom. The first-order valence-electron chi connectivity index (χ1n) is 12.5. The summed E-state index contributed by atoms with van der Waals surface area (Å²) in [4.78, 5) is 40.9. The van der Waals surface area contributed by atoms with Crippen molar-refractivity contribution in [1.29, 1.82) is 0 Å². The minimum absolute atomic E-state index is 0.163. The molecule has 0 N–H and O–H groups in total. The normalized spacial score (nSPS) is 15.4. The molecule has 1 heterocycles. The van der Waals surface area contributed by atoms with E-state index >= 15 is 0 Å². The number of methoxy groups -OCH3 is 2. The Bertz CT molecular complexity index is 1100. The van der Waals surface area contributed by atoms with Crippen molar-refractivity contribution in [2.24, 2.45) is 0 Å². The average molecular weight is 529 g/mol. The molecule has 1 saturated heterocycles. The van der Waals surface area contributed by atoms with Crippen LogP contribution in [0.4, 0.5) is 9.59 Å². The summed E-state index contributed by atoms with van der Waals surface area (Å²) in [6.07, 6.45) is -0.506. The van der Waals surface area contributed by atoms with Crippen molar-refractivity contribution in [1.82, 2.24) is 9.80 Å². The predicted octanol–water partition coefficient (Wildman–Crippen LogP) is 4.51. The van der Waals surface area contributed by atoms with E-state index in [1.807, 2.05) is 30.3 Å². The third kappa shape index (κ3) is 8.03. The summed E-state index contributed by atoms with van der Waals surface area (Å²) in [5.41, 5.74) is 0.552. The van der Waals surface area contributed by atoms with Crippen LogP contribution in [0, 0.1) is 0 Å². The second-order valence-corrected chi connectivity index (χ2v) is 9.81. The molecular formula is C28H36N2O8. The Balaban J connectivity index is 1.68. The number of piperazine rings is 1. The van der Waals surface area contributed by atoms with Gasteiger partial charge in [-0.2, -0.15) is 0 Å². The highest BCUT2D eigenvalue weighted by Crippen LogP contribution is 2.29. The van der Waals surface area contributed by atoms with Crippen molar-refractivity contribution >= 4 is 18.2 Å². The predicted molar refractivity (Wildman–Crippen MR) is 139 cm³/mol. The molecule has 0 aliphatic carbocycles. The first kappa shape index (κ1) is 28.6. The third-order valence-electron chi connectivity index (χ3n) is 5.87. The summed E-state index contributed by atoms with van der Waals surface area (Å²) in [6, 6.07) is 13.8. The van der Waals surface area contributed by atoms with Crippen molar-refractivity contribution in [3.05, 3.63) is 59.7 Å². The van der Waals surface area contributed by atoms with Gasteiger partial charge in [-0.15, -0.1) is 0 Å². The van der Waals surface area contributed by atoms with E-state index < -0.39 is 23.8 Å². The number of rotatable bonds is 8. The van der Waals surface area contributed by atoms with E-state index in [0.717, 1.165) is 5.56 Å². The van der Waals surface area contributed by atoms with Crippen molar-refractivity contribution < 1.29 is 38.1 Å². The van der Waals surface area contributed by atoms with Crippen LogP contribution in [0.5, 0.6) is 11.5 Å². The van der Waals surface area contributed by atoms with Gasteiger partial charge in [-0.05, 0) is 44.5 Å². The molecule has 38 heavy (non-hydrogen) atoms. The molecule has 1 aliphatic heterocycles. The Labute approximate surface area is 223 Å². The molecule has 10 nitrogen and oxygen atoms in total. The van der Waals surface area contributed by atoms with Crippen molar-refractivity contribution in [3.8, 4) is 11.5 Å². The smallest absolute Gasteiger partial charge is 0.410 e. The fourth-order valence-electron chi connectivity index (χ4n) is 3.98. The summed E-state index contributed by atoms with van der Waals surface area (Å²) in [7, 11) is 2.81. The molecule has 2 aromatic rings. The molecule has 0 unspecified atom stereocenters. The van der Waals surface area contributed by atoms with E-state index in [-0.39, 0.29) is 25.8 Å². The van der Waals surface area contributed by atoms with Crippen LogP contribution in [-0.2, 0) is 20.8 Å². The highest BCUT2D eigenvalue weighted by atomic mass is 16.6. The van der Waals surface area contributed by atoms with Crippen LogP contribution in [0.2, 0.25) is 0 Å². The summed E-state index contributed by atoms with van der Waals surface area (Å²) in [6.45, 7) is 6.65. The number of hydrogen-bond donors (Lipinski definition) is 0. The van der Waals surface area contributed by atoms with Gasteiger partial charge in [0, 0.05) is 26.1 Å².